The van der Waals surface area contributed by atoms with Crippen LogP contribution in [0.1, 0.15) is 52.9 Å². The summed E-state index contributed by atoms with van der Waals surface area (Å²) in [5.74, 6) is -0.350. The quantitative estimate of drug-likeness (QED) is 0.436. The van der Waals surface area contributed by atoms with Gasteiger partial charge >= 0.3 is 5.97 Å². The molecule has 1 saturated carbocycles. The van der Waals surface area contributed by atoms with Crippen LogP contribution < -0.4 is 5.32 Å². The number of anilines is 1. The molecule has 1 saturated heterocycles. The SMILES string of the molecule is Cc1cc([C@@H](C)Nc2ccccc2C(=O)O)c2oc3c(C45COCCC4C5)cnnc3c2c1. The number of benzene rings is 2. The highest BCUT2D eigenvalue weighted by atomic mass is 16.5. The Labute approximate surface area is 190 Å². The van der Waals surface area contributed by atoms with Gasteiger partial charge in [-0.05, 0) is 56.4 Å². The molecule has 1 aliphatic carbocycles. The van der Waals surface area contributed by atoms with Crippen LogP contribution in [-0.4, -0.2) is 34.5 Å². The monoisotopic (exact) mass is 443 g/mol. The summed E-state index contributed by atoms with van der Waals surface area (Å²) in [5.41, 5.74) is 6.25. The van der Waals surface area contributed by atoms with E-state index >= 15 is 0 Å². The van der Waals surface area contributed by atoms with Crippen molar-refractivity contribution in [3.63, 3.8) is 0 Å². The Hall–Kier alpha value is -3.45. The van der Waals surface area contributed by atoms with Crippen molar-refractivity contribution in [1.82, 2.24) is 10.2 Å². The lowest BCUT2D eigenvalue weighted by Crippen LogP contribution is -2.24. The predicted molar refractivity (Wildman–Crippen MR) is 125 cm³/mol. The molecule has 4 aromatic rings. The molecule has 2 N–H and O–H groups in total. The summed E-state index contributed by atoms with van der Waals surface area (Å²) in [6.45, 7) is 5.57. The van der Waals surface area contributed by atoms with Crippen molar-refractivity contribution in [2.45, 2.75) is 38.1 Å². The van der Waals surface area contributed by atoms with Gasteiger partial charge in [0.15, 0.2) is 5.58 Å². The number of para-hydroxylation sites is 1. The van der Waals surface area contributed by atoms with E-state index in [1.165, 1.54) is 0 Å². The maximum atomic E-state index is 11.7. The van der Waals surface area contributed by atoms with Crippen molar-refractivity contribution in [1.29, 1.82) is 0 Å². The second-order valence-corrected chi connectivity index (χ2v) is 9.38. The number of aromatic carboxylic acids is 1. The first-order valence-electron chi connectivity index (χ1n) is 11.3. The number of ether oxygens (including phenoxy) is 1. The molecule has 168 valence electrons. The van der Waals surface area contributed by atoms with Crippen LogP contribution in [0.4, 0.5) is 5.69 Å². The van der Waals surface area contributed by atoms with Crippen molar-refractivity contribution in [2.24, 2.45) is 5.92 Å². The van der Waals surface area contributed by atoms with Crippen LogP contribution in [0.5, 0.6) is 0 Å². The maximum Gasteiger partial charge on any atom is 0.337 e. The van der Waals surface area contributed by atoms with E-state index in [2.05, 4.69) is 27.6 Å². The molecule has 3 heterocycles. The number of carboxylic acid groups (broad SMARTS) is 1. The van der Waals surface area contributed by atoms with Crippen LogP contribution in [-0.2, 0) is 10.2 Å². The van der Waals surface area contributed by atoms with Gasteiger partial charge < -0.3 is 19.6 Å². The molecule has 3 atom stereocenters. The molecule has 33 heavy (non-hydrogen) atoms. The Balaban J connectivity index is 1.48. The zero-order valence-corrected chi connectivity index (χ0v) is 18.6. The molecule has 2 aromatic heterocycles. The largest absolute Gasteiger partial charge is 0.478 e. The Morgan fingerprint density at radius 1 is 1.27 bits per heavy atom. The van der Waals surface area contributed by atoms with Crippen molar-refractivity contribution in [2.75, 3.05) is 18.5 Å². The molecule has 1 aliphatic heterocycles. The van der Waals surface area contributed by atoms with E-state index in [9.17, 15) is 9.90 Å². The van der Waals surface area contributed by atoms with Crippen LogP contribution in [0.25, 0.3) is 22.1 Å². The number of aryl methyl sites for hydroxylation is 1. The first-order chi connectivity index (χ1) is 16.0. The average Bonchev–Trinajstić information content (AvgIpc) is 3.45. The third kappa shape index (κ3) is 3.10. The molecule has 7 nitrogen and oxygen atoms in total. The van der Waals surface area contributed by atoms with E-state index in [0.29, 0.717) is 18.2 Å². The highest BCUT2D eigenvalue weighted by Crippen LogP contribution is 2.59. The normalized spacial score (nSPS) is 22.8. The third-order valence-electron chi connectivity index (χ3n) is 7.26. The fraction of sp³-hybridized carbons (Fsp3) is 0.346. The summed E-state index contributed by atoms with van der Waals surface area (Å²) in [5, 5.41) is 22.7. The van der Waals surface area contributed by atoms with Gasteiger partial charge in [-0.1, -0.05) is 18.2 Å². The number of hydrogen-bond acceptors (Lipinski definition) is 6. The number of aromatic nitrogens is 2. The summed E-state index contributed by atoms with van der Waals surface area (Å²) in [7, 11) is 0. The molecule has 0 bridgehead atoms. The molecule has 0 radical (unpaired) electrons. The molecular weight excluding hydrogens is 418 g/mol. The van der Waals surface area contributed by atoms with Crippen LogP contribution in [0.3, 0.4) is 0 Å². The zero-order valence-electron chi connectivity index (χ0n) is 18.6. The lowest BCUT2D eigenvalue weighted by molar-refractivity contribution is 0.0698. The molecule has 0 amide bonds. The fourth-order valence-electron chi connectivity index (χ4n) is 5.45. The molecular formula is C26H25N3O4. The number of nitrogens with one attached hydrogen (secondary N) is 1. The van der Waals surface area contributed by atoms with Gasteiger partial charge in [0.2, 0.25) is 0 Å². The van der Waals surface area contributed by atoms with E-state index in [0.717, 1.165) is 58.2 Å². The third-order valence-corrected chi connectivity index (χ3v) is 7.26. The summed E-state index contributed by atoms with van der Waals surface area (Å²) < 4.78 is 12.4. The molecule has 2 aliphatic rings. The van der Waals surface area contributed by atoms with Gasteiger partial charge in [-0.15, -0.1) is 5.10 Å². The number of carbonyl (C=O) groups is 1. The highest BCUT2D eigenvalue weighted by molar-refractivity contribution is 6.05. The molecule has 0 spiro atoms. The first kappa shape index (κ1) is 20.2. The Bertz CT molecular complexity index is 1410. The van der Waals surface area contributed by atoms with Crippen LogP contribution in [0.15, 0.2) is 47.0 Å². The zero-order chi connectivity index (χ0) is 22.7. The van der Waals surface area contributed by atoms with E-state index < -0.39 is 5.97 Å². The van der Waals surface area contributed by atoms with Crippen LogP contribution >= 0.6 is 0 Å². The van der Waals surface area contributed by atoms with Gasteiger partial charge in [0.25, 0.3) is 0 Å². The van der Waals surface area contributed by atoms with E-state index in [1.54, 1.807) is 18.2 Å². The second-order valence-electron chi connectivity index (χ2n) is 9.38. The molecule has 2 aromatic carbocycles. The lowest BCUT2D eigenvalue weighted by atomic mass is 9.92. The van der Waals surface area contributed by atoms with Gasteiger partial charge in [0.1, 0.15) is 11.1 Å². The number of furan rings is 1. The lowest BCUT2D eigenvalue weighted by Gasteiger charge is -2.22. The standard InChI is InChI=1S/C26H25N3O4/c1-14-9-18(15(2)28-21-6-4-3-5-17(21)25(30)31)23-19(10-14)22-24(33-23)20(12-27-29-22)26-11-16(26)7-8-32-13-26/h3-6,9-10,12,15-16,28H,7-8,11,13H2,1-2H3,(H,30,31)/t15-,16?,26?/m1/s1. The van der Waals surface area contributed by atoms with E-state index in [1.807, 2.05) is 26.1 Å². The molecule has 6 rings (SSSR count). The topological polar surface area (TPSA) is 97.5 Å². The van der Waals surface area contributed by atoms with Gasteiger partial charge in [0.05, 0.1) is 24.4 Å². The molecule has 7 heteroatoms. The number of rotatable bonds is 5. The fourth-order valence-corrected chi connectivity index (χ4v) is 5.45. The minimum absolute atomic E-state index is 0.0141. The summed E-state index contributed by atoms with van der Waals surface area (Å²) in [6.07, 6.45) is 4.01. The highest BCUT2D eigenvalue weighted by Gasteiger charge is 2.58. The Morgan fingerprint density at radius 2 is 2.12 bits per heavy atom. The summed E-state index contributed by atoms with van der Waals surface area (Å²) in [4.78, 5) is 11.7. The Morgan fingerprint density at radius 3 is 2.94 bits per heavy atom. The second kappa shape index (κ2) is 7.28. The number of nitrogens with zero attached hydrogens (tertiary/aromatic N) is 2. The predicted octanol–water partition coefficient (Wildman–Crippen LogP) is 5.23. The van der Waals surface area contributed by atoms with Crippen molar-refractivity contribution in [3.05, 3.63) is 64.8 Å². The number of carboxylic acids is 1. The Kier molecular flexibility index (Phi) is 4.45. The van der Waals surface area contributed by atoms with Crippen molar-refractivity contribution >= 4 is 33.7 Å². The first-order valence-corrected chi connectivity index (χ1v) is 11.3. The van der Waals surface area contributed by atoms with Gasteiger partial charge in [-0.25, -0.2) is 4.79 Å². The minimum Gasteiger partial charge on any atom is -0.478 e. The van der Waals surface area contributed by atoms with E-state index in [4.69, 9.17) is 9.15 Å². The average molecular weight is 444 g/mol. The summed E-state index contributed by atoms with van der Waals surface area (Å²) >= 11 is 0. The van der Waals surface area contributed by atoms with Crippen molar-refractivity contribution in [3.8, 4) is 0 Å². The van der Waals surface area contributed by atoms with Gasteiger partial charge in [0, 0.05) is 34.2 Å². The van der Waals surface area contributed by atoms with Crippen LogP contribution in [0.2, 0.25) is 0 Å². The van der Waals surface area contributed by atoms with Gasteiger partial charge in [-0.2, -0.15) is 5.10 Å². The van der Waals surface area contributed by atoms with Gasteiger partial charge in [-0.3, -0.25) is 0 Å². The maximum absolute atomic E-state index is 11.7. The van der Waals surface area contributed by atoms with Crippen LogP contribution in [0, 0.1) is 12.8 Å². The molecule has 2 unspecified atom stereocenters. The molecule has 2 fully saturated rings. The number of fused-ring (bicyclic) bond motifs is 4. The van der Waals surface area contributed by atoms with E-state index in [-0.39, 0.29) is 17.0 Å². The van der Waals surface area contributed by atoms with Crippen molar-refractivity contribution < 1.29 is 19.1 Å². The summed E-state index contributed by atoms with van der Waals surface area (Å²) in [6, 6.07) is 10.9. The smallest absolute Gasteiger partial charge is 0.337 e. The number of hydrogen-bond donors (Lipinski definition) is 2. The minimum atomic E-state index is -0.962.